The van der Waals surface area contributed by atoms with E-state index in [0.29, 0.717) is 18.5 Å². The first-order chi connectivity index (χ1) is 9.50. The average molecular weight is 276 g/mol. The van der Waals surface area contributed by atoms with E-state index in [1.165, 1.54) is 17.0 Å². The van der Waals surface area contributed by atoms with Crippen molar-refractivity contribution in [3.05, 3.63) is 29.6 Å². The van der Waals surface area contributed by atoms with Crippen molar-refractivity contribution in [1.29, 1.82) is 0 Å². The second kappa shape index (κ2) is 4.58. The summed E-state index contributed by atoms with van der Waals surface area (Å²) in [6.07, 6.45) is 3.20. The highest BCUT2D eigenvalue weighted by Gasteiger charge is 2.48. The zero-order valence-corrected chi connectivity index (χ0v) is 11.4. The molecular weight excluding hydrogens is 259 g/mol. The molecule has 0 radical (unpaired) electrons. The Morgan fingerprint density at radius 1 is 1.20 bits per heavy atom. The fraction of sp³-hybridized carbons (Fsp3) is 0.467. The maximum atomic E-state index is 13.5. The summed E-state index contributed by atoms with van der Waals surface area (Å²) in [5.74, 6) is -0.674. The molecule has 4 nitrogen and oxygen atoms in total. The summed E-state index contributed by atoms with van der Waals surface area (Å²) in [6, 6.07) is 4.46. The quantitative estimate of drug-likeness (QED) is 0.852. The van der Waals surface area contributed by atoms with Crippen molar-refractivity contribution in [2.45, 2.75) is 38.1 Å². The molecule has 1 aliphatic heterocycles. The molecule has 1 aliphatic carbocycles. The Morgan fingerprint density at radius 3 is 2.55 bits per heavy atom. The van der Waals surface area contributed by atoms with Crippen LogP contribution in [0.25, 0.3) is 0 Å². The zero-order chi connectivity index (χ0) is 14.3. The van der Waals surface area contributed by atoms with Gasteiger partial charge in [0.15, 0.2) is 0 Å². The summed E-state index contributed by atoms with van der Waals surface area (Å²) in [6.45, 7) is 1.73. The third kappa shape index (κ3) is 2.07. The van der Waals surface area contributed by atoms with E-state index in [1.807, 2.05) is 0 Å². The first kappa shape index (κ1) is 13.1. The molecule has 20 heavy (non-hydrogen) atoms. The number of hydrogen-bond acceptors (Lipinski definition) is 2. The minimum atomic E-state index is -0.768. The molecule has 2 fully saturated rings. The molecule has 0 aromatic heterocycles. The van der Waals surface area contributed by atoms with Crippen LogP contribution in [0.15, 0.2) is 18.2 Å². The molecule has 2 amide bonds. The second-order valence-corrected chi connectivity index (χ2v) is 5.72. The first-order valence-electron chi connectivity index (χ1n) is 6.90. The van der Waals surface area contributed by atoms with Crippen molar-refractivity contribution < 1.29 is 14.0 Å². The van der Waals surface area contributed by atoms with Crippen LogP contribution >= 0.6 is 0 Å². The number of benzene rings is 1. The minimum absolute atomic E-state index is 0.0382. The summed E-state index contributed by atoms with van der Waals surface area (Å²) in [7, 11) is 0. The van der Waals surface area contributed by atoms with Crippen LogP contribution < -0.4 is 10.2 Å². The number of carbonyl (C=O) groups is 2. The van der Waals surface area contributed by atoms with Gasteiger partial charge in [-0.2, -0.15) is 0 Å². The molecule has 1 spiro atoms. The lowest BCUT2D eigenvalue weighted by atomic mass is 9.92. The fourth-order valence-corrected chi connectivity index (χ4v) is 3.23. The van der Waals surface area contributed by atoms with Gasteiger partial charge in [-0.25, -0.2) is 4.39 Å². The lowest BCUT2D eigenvalue weighted by molar-refractivity contribution is -0.135. The largest absolute Gasteiger partial charge is 0.340 e. The molecule has 0 atom stereocenters. The van der Waals surface area contributed by atoms with Gasteiger partial charge in [0.2, 0.25) is 5.91 Å². The number of nitrogens with zero attached hydrogens (tertiary/aromatic N) is 1. The predicted octanol–water partition coefficient (Wildman–Crippen LogP) is 1.91. The first-order valence-corrected chi connectivity index (χ1v) is 6.90. The highest BCUT2D eigenvalue weighted by atomic mass is 19.1. The topological polar surface area (TPSA) is 49.4 Å². The fourth-order valence-electron chi connectivity index (χ4n) is 3.23. The summed E-state index contributed by atoms with van der Waals surface area (Å²) in [4.78, 5) is 26.0. The molecule has 2 aliphatic rings. The van der Waals surface area contributed by atoms with Gasteiger partial charge in [-0.1, -0.05) is 12.8 Å². The summed E-state index contributed by atoms with van der Waals surface area (Å²) in [5, 5.41) is 2.85. The minimum Gasteiger partial charge on any atom is -0.340 e. The van der Waals surface area contributed by atoms with E-state index in [-0.39, 0.29) is 24.2 Å². The van der Waals surface area contributed by atoms with E-state index in [0.717, 1.165) is 18.4 Å². The van der Waals surface area contributed by atoms with E-state index in [9.17, 15) is 14.0 Å². The number of carbonyl (C=O) groups excluding carboxylic acids is 2. The van der Waals surface area contributed by atoms with Gasteiger partial charge in [-0.15, -0.1) is 0 Å². The van der Waals surface area contributed by atoms with Crippen LogP contribution in [0.1, 0.15) is 31.2 Å². The number of aryl methyl sites for hydroxylation is 1. The van der Waals surface area contributed by atoms with E-state index in [1.54, 1.807) is 13.0 Å². The molecule has 1 N–H and O–H groups in total. The molecule has 106 valence electrons. The third-order valence-corrected chi connectivity index (χ3v) is 4.13. The second-order valence-electron chi connectivity index (χ2n) is 5.72. The van der Waals surface area contributed by atoms with Crippen molar-refractivity contribution in [1.82, 2.24) is 5.32 Å². The number of hydrogen-bond donors (Lipinski definition) is 1. The van der Waals surface area contributed by atoms with Crippen LogP contribution in [0.4, 0.5) is 10.1 Å². The Morgan fingerprint density at radius 2 is 1.90 bits per heavy atom. The van der Waals surface area contributed by atoms with E-state index in [2.05, 4.69) is 5.32 Å². The zero-order valence-electron chi connectivity index (χ0n) is 11.4. The van der Waals surface area contributed by atoms with Gasteiger partial charge in [0.05, 0.1) is 0 Å². The van der Waals surface area contributed by atoms with Gasteiger partial charge in [0.1, 0.15) is 17.9 Å². The summed E-state index contributed by atoms with van der Waals surface area (Å²) in [5.41, 5.74) is 0.433. The van der Waals surface area contributed by atoms with Crippen LogP contribution in [0.5, 0.6) is 0 Å². The van der Waals surface area contributed by atoms with Gasteiger partial charge >= 0.3 is 0 Å². The van der Waals surface area contributed by atoms with Crippen LogP contribution in [0.2, 0.25) is 0 Å². The highest BCUT2D eigenvalue weighted by molar-refractivity contribution is 6.09. The number of nitrogens with one attached hydrogen (secondary N) is 1. The van der Waals surface area contributed by atoms with Crippen molar-refractivity contribution >= 4 is 17.5 Å². The molecule has 5 heteroatoms. The van der Waals surface area contributed by atoms with Crippen LogP contribution in [0.3, 0.4) is 0 Å². The number of amides is 2. The molecule has 1 aromatic carbocycles. The highest BCUT2D eigenvalue weighted by Crippen LogP contribution is 2.35. The SMILES string of the molecule is Cc1cc(F)cc(N2CC(=O)NC3(CCCC3)C2=O)c1. The van der Waals surface area contributed by atoms with Crippen LogP contribution in [-0.4, -0.2) is 23.9 Å². The molecule has 3 rings (SSSR count). The maximum Gasteiger partial charge on any atom is 0.253 e. The van der Waals surface area contributed by atoms with E-state index < -0.39 is 5.54 Å². The standard InChI is InChI=1S/C15H17FN2O2/c1-10-6-11(16)8-12(7-10)18-9-13(19)17-15(14(18)20)4-2-3-5-15/h6-8H,2-5,9H2,1H3,(H,17,19). The molecule has 1 heterocycles. The van der Waals surface area contributed by atoms with Crippen LogP contribution in [0, 0.1) is 12.7 Å². The van der Waals surface area contributed by atoms with Gasteiger partial charge < -0.3 is 10.2 Å². The van der Waals surface area contributed by atoms with E-state index in [4.69, 9.17) is 0 Å². The number of anilines is 1. The van der Waals surface area contributed by atoms with Crippen molar-refractivity contribution in [3.63, 3.8) is 0 Å². The third-order valence-electron chi connectivity index (χ3n) is 4.13. The average Bonchev–Trinajstić information content (AvgIpc) is 2.82. The lowest BCUT2D eigenvalue weighted by Gasteiger charge is -2.39. The van der Waals surface area contributed by atoms with Crippen molar-refractivity contribution in [2.75, 3.05) is 11.4 Å². The number of rotatable bonds is 1. The Balaban J connectivity index is 1.99. The summed E-state index contributed by atoms with van der Waals surface area (Å²) >= 11 is 0. The van der Waals surface area contributed by atoms with Gasteiger partial charge in [-0.05, 0) is 43.5 Å². The normalized spacial score (nSPS) is 21.4. The molecule has 1 saturated heterocycles. The molecule has 0 bridgehead atoms. The Hall–Kier alpha value is -1.91. The van der Waals surface area contributed by atoms with Gasteiger partial charge in [0.25, 0.3) is 5.91 Å². The maximum absolute atomic E-state index is 13.5. The van der Waals surface area contributed by atoms with Crippen LogP contribution in [-0.2, 0) is 9.59 Å². The predicted molar refractivity (Wildman–Crippen MR) is 72.8 cm³/mol. The Kier molecular flexibility index (Phi) is 3.00. The van der Waals surface area contributed by atoms with Crippen molar-refractivity contribution in [2.24, 2.45) is 0 Å². The Bertz CT molecular complexity index is 559. The lowest BCUT2D eigenvalue weighted by Crippen LogP contribution is -2.65. The Labute approximate surface area is 117 Å². The van der Waals surface area contributed by atoms with Gasteiger partial charge in [0, 0.05) is 5.69 Å². The smallest absolute Gasteiger partial charge is 0.253 e. The number of piperazine rings is 1. The summed E-state index contributed by atoms with van der Waals surface area (Å²) < 4.78 is 13.5. The monoisotopic (exact) mass is 276 g/mol. The van der Waals surface area contributed by atoms with E-state index >= 15 is 0 Å². The molecule has 0 unspecified atom stereocenters. The number of halogens is 1. The molecule has 1 saturated carbocycles. The van der Waals surface area contributed by atoms with Crippen molar-refractivity contribution in [3.8, 4) is 0 Å². The molecule has 1 aromatic rings. The molecular formula is C15H17FN2O2. The van der Waals surface area contributed by atoms with Gasteiger partial charge in [-0.3, -0.25) is 9.59 Å².